The van der Waals surface area contributed by atoms with E-state index in [9.17, 15) is 13.2 Å². The number of hydrogen-bond acceptors (Lipinski definition) is 4. The van der Waals surface area contributed by atoms with Gasteiger partial charge in [-0.25, -0.2) is 8.42 Å². The Bertz CT molecular complexity index is 1010. The van der Waals surface area contributed by atoms with E-state index in [1.54, 1.807) is 36.4 Å². The first-order valence-electron chi connectivity index (χ1n) is 11.5. The molecule has 33 heavy (non-hydrogen) atoms. The van der Waals surface area contributed by atoms with Crippen LogP contribution in [0.5, 0.6) is 0 Å². The number of allylic oxidation sites excluding steroid dienone is 5. The van der Waals surface area contributed by atoms with E-state index in [2.05, 4.69) is 59.9 Å². The molecule has 1 unspecified atom stereocenters. The molecule has 4 nitrogen and oxygen atoms in total. The van der Waals surface area contributed by atoms with E-state index in [-0.39, 0.29) is 28.1 Å². The summed E-state index contributed by atoms with van der Waals surface area (Å²) in [6.45, 7) is 17.2. The number of ketones is 1. The third-order valence-corrected chi connectivity index (χ3v) is 13.1. The number of benzene rings is 1. The highest BCUT2D eigenvalue weighted by Gasteiger charge is 2.42. The minimum absolute atomic E-state index is 0.0126. The SMILES string of the molecule is CC1(/C=C/C(O[Si](C)(C)C(C)(C)C)C(C)(C)CCS(=O)(=O)c2ccccc2)C=CC(=O)C=C1. The molecule has 1 atom stereocenters. The maximum absolute atomic E-state index is 12.9. The van der Waals surface area contributed by atoms with Gasteiger partial charge in [-0.1, -0.05) is 77.1 Å². The van der Waals surface area contributed by atoms with Crippen LogP contribution in [0.15, 0.2) is 71.7 Å². The molecule has 0 radical (unpaired) electrons. The molecule has 0 saturated heterocycles. The number of carbonyl (C=O) groups excluding carboxylic acids is 1. The molecule has 182 valence electrons. The molecule has 0 fully saturated rings. The van der Waals surface area contributed by atoms with Crippen LogP contribution in [-0.2, 0) is 19.1 Å². The summed E-state index contributed by atoms with van der Waals surface area (Å²) >= 11 is 0. The normalized spacial score (nSPS) is 18.1. The van der Waals surface area contributed by atoms with Crippen LogP contribution < -0.4 is 0 Å². The molecule has 0 aliphatic heterocycles. The largest absolute Gasteiger partial charge is 0.410 e. The van der Waals surface area contributed by atoms with E-state index >= 15 is 0 Å². The first kappa shape index (κ1) is 27.5. The van der Waals surface area contributed by atoms with E-state index in [1.165, 1.54) is 0 Å². The van der Waals surface area contributed by atoms with Gasteiger partial charge in [0.1, 0.15) is 0 Å². The van der Waals surface area contributed by atoms with Gasteiger partial charge in [0, 0.05) is 5.41 Å². The van der Waals surface area contributed by atoms with Crippen molar-refractivity contribution in [3.8, 4) is 0 Å². The summed E-state index contributed by atoms with van der Waals surface area (Å²) in [5.41, 5.74) is -0.794. The summed E-state index contributed by atoms with van der Waals surface area (Å²) in [6, 6.07) is 8.62. The first-order valence-corrected chi connectivity index (χ1v) is 16.1. The van der Waals surface area contributed by atoms with Crippen LogP contribution in [0.1, 0.15) is 48.0 Å². The van der Waals surface area contributed by atoms with E-state index in [0.29, 0.717) is 11.3 Å². The maximum atomic E-state index is 12.9. The Hall–Kier alpha value is -1.76. The average Bonchev–Trinajstić information content (AvgIpc) is 2.72. The summed E-state index contributed by atoms with van der Waals surface area (Å²) < 4.78 is 32.7. The Labute approximate surface area is 201 Å². The fraction of sp³-hybridized carbons (Fsp3) is 0.519. The van der Waals surface area contributed by atoms with Gasteiger partial charge >= 0.3 is 0 Å². The molecule has 0 bridgehead atoms. The zero-order chi connectivity index (χ0) is 25.1. The molecule has 6 heteroatoms. The van der Waals surface area contributed by atoms with Gasteiger partial charge in [-0.15, -0.1) is 0 Å². The summed E-state index contributed by atoms with van der Waals surface area (Å²) in [6.07, 6.45) is 11.3. The second-order valence-electron chi connectivity index (χ2n) is 11.5. The Balaban J connectivity index is 2.32. The maximum Gasteiger partial charge on any atom is 0.192 e. The monoisotopic (exact) mass is 488 g/mol. The third-order valence-electron chi connectivity index (χ3n) is 6.96. The Kier molecular flexibility index (Phi) is 8.20. The summed E-state index contributed by atoms with van der Waals surface area (Å²) in [5.74, 6) is 0.0437. The number of hydrogen-bond donors (Lipinski definition) is 0. The van der Waals surface area contributed by atoms with Crippen molar-refractivity contribution in [1.82, 2.24) is 0 Å². The number of rotatable bonds is 9. The Morgan fingerprint density at radius 2 is 1.58 bits per heavy atom. The highest BCUT2D eigenvalue weighted by Crippen LogP contribution is 2.41. The van der Waals surface area contributed by atoms with Gasteiger partial charge < -0.3 is 4.43 Å². The van der Waals surface area contributed by atoms with Gasteiger partial charge in [-0.05, 0) is 61.2 Å². The van der Waals surface area contributed by atoms with Crippen LogP contribution in [0.3, 0.4) is 0 Å². The highest BCUT2D eigenvalue weighted by molar-refractivity contribution is 7.91. The zero-order valence-electron chi connectivity index (χ0n) is 21.4. The van der Waals surface area contributed by atoms with Crippen molar-refractivity contribution in [2.75, 3.05) is 5.75 Å². The van der Waals surface area contributed by atoms with Crippen molar-refractivity contribution in [3.63, 3.8) is 0 Å². The summed E-state index contributed by atoms with van der Waals surface area (Å²) in [7, 11) is -5.51. The molecular formula is C27H40O4SSi. The van der Waals surface area contributed by atoms with Crippen LogP contribution in [0.4, 0.5) is 0 Å². The van der Waals surface area contributed by atoms with E-state index < -0.39 is 23.6 Å². The number of sulfone groups is 1. The fourth-order valence-electron chi connectivity index (χ4n) is 3.28. The standard InChI is InChI=1S/C27H40O4SSi/c1-25(2,3)33(7,8)31-24(16-19-27(6)17-14-22(28)15-18-27)26(4,5)20-21-32(29,30)23-12-10-9-11-13-23/h9-19,24H,20-21H2,1-8H3/b19-16+. The lowest BCUT2D eigenvalue weighted by molar-refractivity contribution is -0.110. The smallest absolute Gasteiger partial charge is 0.192 e. The molecule has 1 aliphatic carbocycles. The lowest BCUT2D eigenvalue weighted by Crippen LogP contribution is -2.47. The van der Waals surface area contributed by atoms with Gasteiger partial charge in [0.25, 0.3) is 0 Å². The predicted octanol–water partition coefficient (Wildman–Crippen LogP) is 6.52. The van der Waals surface area contributed by atoms with Crippen molar-refractivity contribution in [2.45, 2.75) is 77.1 Å². The minimum atomic E-state index is -3.38. The van der Waals surface area contributed by atoms with Crippen LogP contribution in [-0.4, -0.2) is 34.4 Å². The molecule has 1 aromatic carbocycles. The van der Waals surface area contributed by atoms with E-state index in [1.807, 2.05) is 25.1 Å². The average molecular weight is 489 g/mol. The predicted molar refractivity (Wildman–Crippen MR) is 139 cm³/mol. The summed E-state index contributed by atoms with van der Waals surface area (Å²) in [4.78, 5) is 11.9. The van der Waals surface area contributed by atoms with Crippen LogP contribution in [0, 0.1) is 10.8 Å². The summed E-state index contributed by atoms with van der Waals surface area (Å²) in [5, 5.41) is 0.0201. The molecular weight excluding hydrogens is 448 g/mol. The first-order chi connectivity index (χ1) is 15.0. The molecule has 0 aromatic heterocycles. The quantitative estimate of drug-likeness (QED) is 0.293. The second kappa shape index (κ2) is 9.85. The van der Waals surface area contributed by atoms with Crippen molar-refractivity contribution < 1.29 is 17.6 Å². The van der Waals surface area contributed by atoms with E-state index in [4.69, 9.17) is 4.43 Å². The minimum Gasteiger partial charge on any atom is -0.410 e. The molecule has 0 saturated carbocycles. The second-order valence-corrected chi connectivity index (χ2v) is 18.3. The van der Waals surface area contributed by atoms with Crippen LogP contribution >= 0.6 is 0 Å². The molecule has 0 heterocycles. The van der Waals surface area contributed by atoms with Gasteiger partial charge in [0.15, 0.2) is 23.9 Å². The van der Waals surface area contributed by atoms with Gasteiger partial charge in [0.05, 0.1) is 16.8 Å². The van der Waals surface area contributed by atoms with Crippen LogP contribution in [0.25, 0.3) is 0 Å². The Morgan fingerprint density at radius 1 is 1.03 bits per heavy atom. The highest BCUT2D eigenvalue weighted by atomic mass is 32.2. The molecule has 2 rings (SSSR count). The lowest BCUT2D eigenvalue weighted by Gasteiger charge is -2.43. The van der Waals surface area contributed by atoms with Gasteiger partial charge in [-0.3, -0.25) is 4.79 Å². The molecule has 0 N–H and O–H groups in total. The van der Waals surface area contributed by atoms with Crippen molar-refractivity contribution >= 4 is 23.9 Å². The van der Waals surface area contributed by atoms with Crippen LogP contribution in [0.2, 0.25) is 18.1 Å². The van der Waals surface area contributed by atoms with Gasteiger partial charge in [-0.2, -0.15) is 0 Å². The molecule has 0 amide bonds. The van der Waals surface area contributed by atoms with E-state index in [0.717, 1.165) is 0 Å². The third kappa shape index (κ3) is 7.36. The number of carbonyl (C=O) groups is 1. The van der Waals surface area contributed by atoms with Crippen molar-refractivity contribution in [3.05, 3.63) is 66.8 Å². The molecule has 1 aromatic rings. The fourth-order valence-corrected chi connectivity index (χ4v) is 6.27. The Morgan fingerprint density at radius 3 is 2.09 bits per heavy atom. The zero-order valence-corrected chi connectivity index (χ0v) is 23.2. The van der Waals surface area contributed by atoms with Crippen molar-refractivity contribution in [2.24, 2.45) is 10.8 Å². The molecule has 1 aliphatic rings. The van der Waals surface area contributed by atoms with Gasteiger partial charge in [0.2, 0.25) is 0 Å². The topological polar surface area (TPSA) is 60.4 Å². The van der Waals surface area contributed by atoms with Crippen molar-refractivity contribution in [1.29, 1.82) is 0 Å². The lowest BCUT2D eigenvalue weighted by atomic mass is 9.80. The molecule has 0 spiro atoms.